The SMILES string of the molecule is COc1cc2c(c3c(OC)cccc13)CCC2=O. The highest BCUT2D eigenvalue weighted by molar-refractivity contribution is 6.09. The van der Waals surface area contributed by atoms with Gasteiger partial charge >= 0.3 is 0 Å². The van der Waals surface area contributed by atoms with E-state index in [4.69, 9.17) is 9.47 Å². The van der Waals surface area contributed by atoms with Crippen LogP contribution in [0.25, 0.3) is 10.8 Å². The Morgan fingerprint density at radius 2 is 1.83 bits per heavy atom. The van der Waals surface area contributed by atoms with E-state index in [1.54, 1.807) is 14.2 Å². The molecule has 0 bridgehead atoms. The first-order chi connectivity index (χ1) is 8.76. The predicted octanol–water partition coefficient (Wildman–Crippen LogP) is 2.99. The first kappa shape index (κ1) is 11.1. The second kappa shape index (κ2) is 4.02. The maximum absolute atomic E-state index is 11.9. The summed E-state index contributed by atoms with van der Waals surface area (Å²) in [6, 6.07) is 7.71. The Bertz CT molecular complexity index is 644. The monoisotopic (exact) mass is 242 g/mol. The molecule has 0 aliphatic heterocycles. The molecule has 3 rings (SSSR count). The lowest BCUT2D eigenvalue weighted by Crippen LogP contribution is -1.96. The van der Waals surface area contributed by atoms with Crippen molar-refractivity contribution in [3.05, 3.63) is 35.4 Å². The highest BCUT2D eigenvalue weighted by Crippen LogP contribution is 2.40. The van der Waals surface area contributed by atoms with Crippen molar-refractivity contribution in [2.75, 3.05) is 14.2 Å². The number of hydrogen-bond acceptors (Lipinski definition) is 3. The van der Waals surface area contributed by atoms with Gasteiger partial charge < -0.3 is 9.47 Å². The summed E-state index contributed by atoms with van der Waals surface area (Å²) >= 11 is 0. The van der Waals surface area contributed by atoms with Crippen molar-refractivity contribution >= 4 is 16.6 Å². The number of ether oxygens (including phenoxy) is 2. The first-order valence-electron chi connectivity index (χ1n) is 5.96. The number of hydrogen-bond donors (Lipinski definition) is 0. The molecule has 0 saturated carbocycles. The molecule has 0 unspecified atom stereocenters. The highest BCUT2D eigenvalue weighted by Gasteiger charge is 2.25. The number of aryl methyl sites for hydroxylation is 1. The third-order valence-electron chi connectivity index (χ3n) is 3.54. The zero-order valence-electron chi connectivity index (χ0n) is 10.4. The molecule has 2 aromatic rings. The summed E-state index contributed by atoms with van der Waals surface area (Å²) in [5, 5.41) is 2.02. The van der Waals surface area contributed by atoms with Crippen molar-refractivity contribution in [1.29, 1.82) is 0 Å². The van der Waals surface area contributed by atoms with E-state index in [1.165, 1.54) is 0 Å². The fourth-order valence-electron chi connectivity index (χ4n) is 2.70. The Balaban J connectivity index is 2.46. The van der Waals surface area contributed by atoms with Crippen LogP contribution in [0.5, 0.6) is 11.5 Å². The summed E-state index contributed by atoms with van der Waals surface area (Å²) in [4.78, 5) is 11.9. The van der Waals surface area contributed by atoms with Gasteiger partial charge in [0.25, 0.3) is 0 Å². The lowest BCUT2D eigenvalue weighted by Gasteiger charge is -2.13. The Morgan fingerprint density at radius 1 is 1.06 bits per heavy atom. The Hall–Kier alpha value is -2.03. The maximum Gasteiger partial charge on any atom is 0.163 e. The maximum atomic E-state index is 11.9. The standard InChI is InChI=1S/C15H14O3/c1-17-13-5-3-4-10-14(18-2)8-11-9(15(10)13)6-7-12(11)16/h3-5,8H,6-7H2,1-2H3. The van der Waals surface area contributed by atoms with E-state index in [-0.39, 0.29) is 5.78 Å². The van der Waals surface area contributed by atoms with Gasteiger partial charge in [-0.15, -0.1) is 0 Å². The smallest absolute Gasteiger partial charge is 0.163 e. The van der Waals surface area contributed by atoms with Crippen LogP contribution in [0.2, 0.25) is 0 Å². The van der Waals surface area contributed by atoms with Gasteiger partial charge in [-0.1, -0.05) is 12.1 Å². The second-order valence-corrected chi connectivity index (χ2v) is 4.41. The molecule has 1 aliphatic carbocycles. The summed E-state index contributed by atoms with van der Waals surface area (Å²) in [6.45, 7) is 0. The average molecular weight is 242 g/mol. The third-order valence-corrected chi connectivity index (χ3v) is 3.54. The molecule has 1 aliphatic rings. The van der Waals surface area contributed by atoms with E-state index in [0.29, 0.717) is 6.42 Å². The zero-order chi connectivity index (χ0) is 12.7. The van der Waals surface area contributed by atoms with Crippen LogP contribution in [-0.2, 0) is 6.42 Å². The topological polar surface area (TPSA) is 35.5 Å². The van der Waals surface area contributed by atoms with Crippen molar-refractivity contribution in [2.24, 2.45) is 0 Å². The van der Waals surface area contributed by atoms with Gasteiger partial charge in [-0.25, -0.2) is 0 Å². The Labute approximate surface area is 105 Å². The molecule has 92 valence electrons. The fraction of sp³-hybridized carbons (Fsp3) is 0.267. The van der Waals surface area contributed by atoms with Gasteiger partial charge in [0.1, 0.15) is 11.5 Å². The van der Waals surface area contributed by atoms with Gasteiger partial charge in [0.2, 0.25) is 0 Å². The van der Waals surface area contributed by atoms with Crippen molar-refractivity contribution < 1.29 is 14.3 Å². The Morgan fingerprint density at radius 3 is 2.56 bits per heavy atom. The minimum absolute atomic E-state index is 0.191. The predicted molar refractivity (Wildman–Crippen MR) is 69.7 cm³/mol. The quantitative estimate of drug-likeness (QED) is 0.812. The summed E-state index contributed by atoms with van der Waals surface area (Å²) in [7, 11) is 3.28. The molecule has 0 amide bonds. The molecule has 3 heteroatoms. The number of carbonyl (C=O) groups is 1. The molecule has 2 aromatic carbocycles. The van der Waals surface area contributed by atoms with Crippen molar-refractivity contribution in [3.63, 3.8) is 0 Å². The molecular formula is C15H14O3. The van der Waals surface area contributed by atoms with Crippen molar-refractivity contribution in [1.82, 2.24) is 0 Å². The molecule has 0 N–H and O–H groups in total. The van der Waals surface area contributed by atoms with E-state index in [2.05, 4.69) is 0 Å². The van der Waals surface area contributed by atoms with Gasteiger partial charge in [-0.3, -0.25) is 4.79 Å². The normalized spacial score (nSPS) is 13.8. The molecule has 0 fully saturated rings. The van der Waals surface area contributed by atoms with Crippen LogP contribution in [-0.4, -0.2) is 20.0 Å². The number of Topliss-reactive ketones (excluding diaryl/α,β-unsaturated/α-hetero) is 1. The lowest BCUT2D eigenvalue weighted by atomic mass is 9.99. The summed E-state index contributed by atoms with van der Waals surface area (Å²) < 4.78 is 10.8. The number of fused-ring (bicyclic) bond motifs is 3. The fourth-order valence-corrected chi connectivity index (χ4v) is 2.70. The van der Waals surface area contributed by atoms with Gasteiger partial charge in [0.05, 0.1) is 14.2 Å². The molecule has 0 heterocycles. The van der Waals surface area contributed by atoms with Gasteiger partial charge in [0.15, 0.2) is 5.78 Å². The van der Waals surface area contributed by atoms with Gasteiger partial charge in [-0.2, -0.15) is 0 Å². The van der Waals surface area contributed by atoms with Gasteiger partial charge in [-0.05, 0) is 24.1 Å². The van der Waals surface area contributed by atoms with E-state index >= 15 is 0 Å². The van der Waals surface area contributed by atoms with Crippen molar-refractivity contribution in [2.45, 2.75) is 12.8 Å². The third kappa shape index (κ3) is 1.40. The molecule has 0 radical (unpaired) electrons. The largest absolute Gasteiger partial charge is 0.496 e. The molecule has 0 atom stereocenters. The van der Waals surface area contributed by atoms with E-state index < -0.39 is 0 Å². The Kier molecular flexibility index (Phi) is 2.47. The summed E-state index contributed by atoms with van der Waals surface area (Å²) in [5.74, 6) is 1.73. The highest BCUT2D eigenvalue weighted by atomic mass is 16.5. The van der Waals surface area contributed by atoms with Crippen molar-refractivity contribution in [3.8, 4) is 11.5 Å². The minimum atomic E-state index is 0.191. The number of benzene rings is 2. The number of methoxy groups -OCH3 is 2. The van der Waals surface area contributed by atoms with Crippen LogP contribution < -0.4 is 9.47 Å². The van der Waals surface area contributed by atoms with E-state index in [9.17, 15) is 4.79 Å². The molecule has 0 spiro atoms. The zero-order valence-corrected chi connectivity index (χ0v) is 10.4. The van der Waals surface area contributed by atoms with E-state index in [0.717, 1.165) is 39.8 Å². The molecular weight excluding hydrogens is 228 g/mol. The molecule has 0 saturated heterocycles. The average Bonchev–Trinajstić information content (AvgIpc) is 2.78. The van der Waals surface area contributed by atoms with Crippen LogP contribution in [0, 0.1) is 0 Å². The van der Waals surface area contributed by atoms with Crippen LogP contribution in [0.1, 0.15) is 22.3 Å². The second-order valence-electron chi connectivity index (χ2n) is 4.41. The first-order valence-corrected chi connectivity index (χ1v) is 5.96. The molecule has 3 nitrogen and oxygen atoms in total. The van der Waals surface area contributed by atoms with Crippen LogP contribution in [0.15, 0.2) is 24.3 Å². The molecule has 18 heavy (non-hydrogen) atoms. The van der Waals surface area contributed by atoms with Gasteiger partial charge in [0, 0.05) is 22.8 Å². The van der Waals surface area contributed by atoms with Crippen LogP contribution >= 0.6 is 0 Å². The van der Waals surface area contributed by atoms with Crippen LogP contribution in [0.3, 0.4) is 0 Å². The van der Waals surface area contributed by atoms with Crippen LogP contribution in [0.4, 0.5) is 0 Å². The summed E-state index contributed by atoms with van der Waals surface area (Å²) in [5.41, 5.74) is 1.87. The van der Waals surface area contributed by atoms with E-state index in [1.807, 2.05) is 24.3 Å². The summed E-state index contributed by atoms with van der Waals surface area (Å²) in [6.07, 6.45) is 1.37. The number of rotatable bonds is 2. The minimum Gasteiger partial charge on any atom is -0.496 e. The molecule has 0 aromatic heterocycles. The number of carbonyl (C=O) groups excluding carboxylic acids is 1. The number of ketones is 1. The lowest BCUT2D eigenvalue weighted by molar-refractivity contribution is 0.0994.